The second kappa shape index (κ2) is 7.15. The SMILES string of the molecule is CC(C)n1cnc2ccc(-c3nn(C)c4ccnc(OC5CCOCC5)c34)cc21. The fraction of sp³-hybridized carbons (Fsp3) is 0.409. The molecule has 0 aliphatic carbocycles. The Kier molecular flexibility index (Phi) is 4.47. The third-order valence-corrected chi connectivity index (χ3v) is 5.58. The number of aryl methyl sites for hydroxylation is 1. The Labute approximate surface area is 169 Å². The van der Waals surface area contributed by atoms with Crippen molar-refractivity contribution in [1.29, 1.82) is 0 Å². The van der Waals surface area contributed by atoms with Crippen LogP contribution in [-0.4, -0.2) is 43.6 Å². The van der Waals surface area contributed by atoms with E-state index in [4.69, 9.17) is 14.6 Å². The van der Waals surface area contributed by atoms with Crippen molar-refractivity contribution < 1.29 is 9.47 Å². The van der Waals surface area contributed by atoms with Crippen LogP contribution < -0.4 is 4.74 Å². The largest absolute Gasteiger partial charge is 0.474 e. The third kappa shape index (κ3) is 3.15. The fourth-order valence-corrected chi connectivity index (χ4v) is 4.01. The summed E-state index contributed by atoms with van der Waals surface area (Å²) in [6.45, 7) is 5.79. The lowest BCUT2D eigenvalue weighted by Crippen LogP contribution is -2.26. The molecular weight excluding hydrogens is 366 g/mol. The highest BCUT2D eigenvalue weighted by molar-refractivity contribution is 5.98. The summed E-state index contributed by atoms with van der Waals surface area (Å²) in [4.78, 5) is 9.09. The number of hydrogen-bond acceptors (Lipinski definition) is 5. The molecule has 0 amide bonds. The minimum absolute atomic E-state index is 0.125. The van der Waals surface area contributed by atoms with Gasteiger partial charge < -0.3 is 14.0 Å². The van der Waals surface area contributed by atoms with Crippen LogP contribution in [0.5, 0.6) is 5.88 Å². The maximum Gasteiger partial charge on any atom is 0.225 e. The van der Waals surface area contributed by atoms with Gasteiger partial charge in [-0.15, -0.1) is 0 Å². The van der Waals surface area contributed by atoms with Crippen molar-refractivity contribution in [3.8, 4) is 17.1 Å². The quantitative estimate of drug-likeness (QED) is 0.523. The van der Waals surface area contributed by atoms with E-state index in [0.29, 0.717) is 11.9 Å². The Balaban J connectivity index is 1.65. The fourth-order valence-electron chi connectivity index (χ4n) is 4.01. The monoisotopic (exact) mass is 391 g/mol. The highest BCUT2D eigenvalue weighted by atomic mass is 16.5. The molecule has 7 heteroatoms. The zero-order valence-corrected chi connectivity index (χ0v) is 17.0. The summed E-state index contributed by atoms with van der Waals surface area (Å²) in [5.74, 6) is 0.648. The lowest BCUT2D eigenvalue weighted by Gasteiger charge is -2.23. The first-order chi connectivity index (χ1) is 14.1. The molecule has 0 radical (unpaired) electrons. The molecule has 0 bridgehead atoms. The number of aromatic nitrogens is 5. The predicted molar refractivity (Wildman–Crippen MR) is 112 cm³/mol. The average molecular weight is 391 g/mol. The Bertz CT molecular complexity index is 1170. The van der Waals surface area contributed by atoms with Crippen molar-refractivity contribution in [3.63, 3.8) is 0 Å². The summed E-state index contributed by atoms with van der Waals surface area (Å²) in [5.41, 5.74) is 5.02. The Morgan fingerprint density at radius 3 is 2.72 bits per heavy atom. The standard InChI is InChI=1S/C22H25N5O2/c1-14(2)27-13-24-17-5-4-15(12-19(17)27)21-20-18(26(3)25-21)6-9-23-22(20)29-16-7-10-28-11-8-16/h4-6,9,12-14,16H,7-8,10-11H2,1-3H3. The summed E-state index contributed by atoms with van der Waals surface area (Å²) in [5, 5.41) is 5.78. The second-order valence-corrected chi connectivity index (χ2v) is 7.86. The Morgan fingerprint density at radius 2 is 1.93 bits per heavy atom. The molecular formula is C22H25N5O2. The van der Waals surface area contributed by atoms with Gasteiger partial charge in [-0.05, 0) is 32.0 Å². The van der Waals surface area contributed by atoms with E-state index in [1.807, 2.05) is 24.1 Å². The van der Waals surface area contributed by atoms with Gasteiger partial charge in [-0.3, -0.25) is 4.68 Å². The van der Waals surface area contributed by atoms with E-state index in [1.165, 1.54) is 0 Å². The van der Waals surface area contributed by atoms with Gasteiger partial charge in [-0.1, -0.05) is 6.07 Å². The first-order valence-electron chi connectivity index (χ1n) is 10.1. The topological polar surface area (TPSA) is 67.0 Å². The first kappa shape index (κ1) is 18.1. The highest BCUT2D eigenvalue weighted by Crippen LogP contribution is 2.35. The summed E-state index contributed by atoms with van der Waals surface area (Å²) in [6, 6.07) is 8.62. The van der Waals surface area contributed by atoms with E-state index in [1.54, 1.807) is 6.20 Å². The van der Waals surface area contributed by atoms with Crippen LogP contribution in [0.1, 0.15) is 32.7 Å². The molecule has 1 fully saturated rings. The van der Waals surface area contributed by atoms with Gasteiger partial charge in [0.15, 0.2) is 0 Å². The van der Waals surface area contributed by atoms with Crippen molar-refractivity contribution >= 4 is 21.9 Å². The average Bonchev–Trinajstić information content (AvgIpc) is 3.30. The molecule has 7 nitrogen and oxygen atoms in total. The number of nitrogens with zero attached hydrogens (tertiary/aromatic N) is 5. The molecule has 1 aromatic carbocycles. The normalized spacial score (nSPS) is 15.6. The van der Waals surface area contributed by atoms with Gasteiger partial charge in [-0.2, -0.15) is 5.10 Å². The molecule has 29 heavy (non-hydrogen) atoms. The summed E-state index contributed by atoms with van der Waals surface area (Å²) in [6.07, 6.45) is 5.58. The number of benzene rings is 1. The van der Waals surface area contributed by atoms with E-state index in [2.05, 4.69) is 46.6 Å². The molecule has 5 rings (SSSR count). The molecule has 150 valence electrons. The van der Waals surface area contributed by atoms with Crippen molar-refractivity contribution in [2.24, 2.45) is 7.05 Å². The molecule has 0 atom stereocenters. The maximum atomic E-state index is 6.32. The third-order valence-electron chi connectivity index (χ3n) is 5.58. The van der Waals surface area contributed by atoms with Gasteiger partial charge in [0.1, 0.15) is 11.8 Å². The molecule has 0 spiro atoms. The van der Waals surface area contributed by atoms with E-state index in [-0.39, 0.29) is 6.10 Å². The number of hydrogen-bond donors (Lipinski definition) is 0. The molecule has 0 saturated carbocycles. The lowest BCUT2D eigenvalue weighted by molar-refractivity contribution is 0.0244. The van der Waals surface area contributed by atoms with Gasteiger partial charge in [0.25, 0.3) is 0 Å². The van der Waals surface area contributed by atoms with Crippen LogP contribution in [0.25, 0.3) is 33.2 Å². The van der Waals surface area contributed by atoms with Gasteiger partial charge in [-0.25, -0.2) is 9.97 Å². The summed E-state index contributed by atoms with van der Waals surface area (Å²) in [7, 11) is 1.96. The molecule has 1 saturated heterocycles. The van der Waals surface area contributed by atoms with Crippen LogP contribution in [-0.2, 0) is 11.8 Å². The van der Waals surface area contributed by atoms with Crippen molar-refractivity contribution in [1.82, 2.24) is 24.3 Å². The minimum atomic E-state index is 0.125. The zero-order valence-electron chi connectivity index (χ0n) is 17.0. The predicted octanol–water partition coefficient (Wildman–Crippen LogP) is 4.12. The van der Waals surface area contributed by atoms with Crippen LogP contribution in [0, 0.1) is 0 Å². The second-order valence-electron chi connectivity index (χ2n) is 7.86. The van der Waals surface area contributed by atoms with Crippen LogP contribution in [0.4, 0.5) is 0 Å². The van der Waals surface area contributed by atoms with Crippen molar-refractivity contribution in [3.05, 3.63) is 36.8 Å². The smallest absolute Gasteiger partial charge is 0.225 e. The van der Waals surface area contributed by atoms with Crippen LogP contribution in [0.2, 0.25) is 0 Å². The number of rotatable bonds is 4. The lowest BCUT2D eigenvalue weighted by atomic mass is 10.1. The molecule has 4 aromatic rings. The zero-order chi connectivity index (χ0) is 20.0. The molecule has 1 aliphatic heterocycles. The van der Waals surface area contributed by atoms with Crippen LogP contribution in [0.15, 0.2) is 36.8 Å². The number of pyridine rings is 1. The molecule has 0 N–H and O–H groups in total. The van der Waals surface area contributed by atoms with Gasteiger partial charge >= 0.3 is 0 Å². The summed E-state index contributed by atoms with van der Waals surface area (Å²) >= 11 is 0. The van der Waals surface area contributed by atoms with E-state index in [0.717, 1.165) is 59.2 Å². The summed E-state index contributed by atoms with van der Waals surface area (Å²) < 4.78 is 15.9. The molecule has 1 aliphatic rings. The number of fused-ring (bicyclic) bond motifs is 2. The maximum absolute atomic E-state index is 6.32. The number of ether oxygens (including phenoxy) is 2. The van der Waals surface area contributed by atoms with Gasteiger partial charge in [0, 0.05) is 37.7 Å². The van der Waals surface area contributed by atoms with Crippen LogP contribution >= 0.6 is 0 Å². The van der Waals surface area contributed by atoms with Crippen molar-refractivity contribution in [2.75, 3.05) is 13.2 Å². The van der Waals surface area contributed by atoms with E-state index < -0.39 is 0 Å². The van der Waals surface area contributed by atoms with Gasteiger partial charge in [0.05, 0.1) is 41.5 Å². The Morgan fingerprint density at radius 1 is 1.10 bits per heavy atom. The Hall–Kier alpha value is -2.93. The van der Waals surface area contributed by atoms with Crippen molar-refractivity contribution in [2.45, 2.75) is 38.8 Å². The molecule has 3 aromatic heterocycles. The van der Waals surface area contributed by atoms with E-state index >= 15 is 0 Å². The highest BCUT2D eigenvalue weighted by Gasteiger charge is 2.22. The number of imidazole rings is 1. The molecule has 0 unspecified atom stereocenters. The van der Waals surface area contributed by atoms with E-state index in [9.17, 15) is 0 Å². The molecule has 4 heterocycles. The van der Waals surface area contributed by atoms with Crippen LogP contribution in [0.3, 0.4) is 0 Å². The van der Waals surface area contributed by atoms with Gasteiger partial charge in [0.2, 0.25) is 5.88 Å². The first-order valence-corrected chi connectivity index (χ1v) is 10.1. The minimum Gasteiger partial charge on any atom is -0.474 e.